The molecule has 0 radical (unpaired) electrons. The molecular weight excluding hydrogens is 474 g/mol. The molecule has 0 aromatic carbocycles. The van der Waals surface area contributed by atoms with Crippen molar-refractivity contribution in [1.82, 2.24) is 20.9 Å². The van der Waals surface area contributed by atoms with Crippen LogP contribution in [-0.2, 0) is 24.0 Å². The highest BCUT2D eigenvalue weighted by molar-refractivity contribution is 5.95. The van der Waals surface area contributed by atoms with Crippen LogP contribution in [0.3, 0.4) is 0 Å². The van der Waals surface area contributed by atoms with Crippen LogP contribution in [0.1, 0.15) is 73.1 Å². The Morgan fingerprint density at radius 3 is 2.43 bits per heavy atom. The van der Waals surface area contributed by atoms with E-state index >= 15 is 0 Å². The third kappa shape index (κ3) is 5.62. The molecular formula is C27H43N5O5. The molecule has 0 aromatic heterocycles. The van der Waals surface area contributed by atoms with Crippen molar-refractivity contribution in [3.05, 3.63) is 0 Å². The summed E-state index contributed by atoms with van der Waals surface area (Å²) in [5, 5.41) is 8.65. The van der Waals surface area contributed by atoms with Gasteiger partial charge in [0.15, 0.2) is 0 Å². The van der Waals surface area contributed by atoms with Crippen LogP contribution in [0, 0.1) is 34.5 Å². The zero-order valence-corrected chi connectivity index (χ0v) is 22.8. The maximum Gasteiger partial charge on any atom is 0.245 e. The van der Waals surface area contributed by atoms with Crippen molar-refractivity contribution in [3.8, 4) is 0 Å². The number of nitrogens with one attached hydrogen (secondary N) is 3. The fraction of sp³-hybridized carbons (Fsp3) is 0.815. The van der Waals surface area contributed by atoms with E-state index in [-0.39, 0.29) is 59.1 Å². The number of hydrogen-bond acceptors (Lipinski definition) is 5. The summed E-state index contributed by atoms with van der Waals surface area (Å²) in [5.41, 5.74) is 5.34. The minimum atomic E-state index is -0.994. The number of amides is 5. The number of carbonyl (C=O) groups excluding carboxylic acids is 5. The summed E-state index contributed by atoms with van der Waals surface area (Å²) < 4.78 is 0. The lowest BCUT2D eigenvalue weighted by Crippen LogP contribution is -2.58. The molecule has 10 nitrogen and oxygen atoms in total. The van der Waals surface area contributed by atoms with Gasteiger partial charge < -0.3 is 26.6 Å². The topological polar surface area (TPSA) is 151 Å². The molecule has 0 spiro atoms. The molecule has 37 heavy (non-hydrogen) atoms. The first-order valence-corrected chi connectivity index (χ1v) is 13.7. The van der Waals surface area contributed by atoms with E-state index in [1.165, 1.54) is 0 Å². The van der Waals surface area contributed by atoms with E-state index in [0.29, 0.717) is 25.9 Å². The second-order valence-corrected chi connectivity index (χ2v) is 13.3. The van der Waals surface area contributed by atoms with Crippen molar-refractivity contribution in [2.75, 3.05) is 13.1 Å². The predicted molar refractivity (Wildman–Crippen MR) is 136 cm³/mol. The van der Waals surface area contributed by atoms with E-state index in [2.05, 4.69) is 29.8 Å². The summed E-state index contributed by atoms with van der Waals surface area (Å²) in [7, 11) is 0. The first-order chi connectivity index (χ1) is 17.2. The lowest BCUT2D eigenvalue weighted by atomic mass is 9.85. The van der Waals surface area contributed by atoms with Crippen LogP contribution in [0.15, 0.2) is 0 Å². The van der Waals surface area contributed by atoms with Gasteiger partial charge in [0.1, 0.15) is 18.1 Å². The second kappa shape index (κ2) is 9.91. The normalized spacial score (nSPS) is 35.9. The molecule has 0 aromatic rings. The summed E-state index contributed by atoms with van der Waals surface area (Å²) in [4.78, 5) is 66.8. The molecule has 0 bridgehead atoms. The van der Waals surface area contributed by atoms with Gasteiger partial charge in [-0.05, 0) is 47.8 Å². The first kappa shape index (κ1) is 27.4. The van der Waals surface area contributed by atoms with Crippen molar-refractivity contribution in [1.29, 1.82) is 0 Å². The maximum absolute atomic E-state index is 13.8. The van der Waals surface area contributed by atoms with Crippen molar-refractivity contribution in [2.24, 2.45) is 40.2 Å². The molecule has 206 valence electrons. The molecule has 10 heteroatoms. The number of hydrogen-bond donors (Lipinski definition) is 4. The molecule has 3 heterocycles. The average molecular weight is 518 g/mol. The average Bonchev–Trinajstić information content (AvgIpc) is 3.10. The van der Waals surface area contributed by atoms with Crippen molar-refractivity contribution >= 4 is 29.5 Å². The van der Waals surface area contributed by atoms with Gasteiger partial charge in [0.25, 0.3) is 0 Å². The number of rotatable bonds is 3. The number of nitrogens with two attached hydrogens (primary N) is 1. The molecule has 1 aliphatic carbocycles. The quantitative estimate of drug-likeness (QED) is 0.434. The van der Waals surface area contributed by atoms with E-state index in [4.69, 9.17) is 5.73 Å². The van der Waals surface area contributed by atoms with E-state index in [0.717, 1.165) is 12.8 Å². The number of carbonyl (C=O) groups is 5. The van der Waals surface area contributed by atoms with E-state index < -0.39 is 35.9 Å². The predicted octanol–water partition coefficient (Wildman–Crippen LogP) is 0.687. The Morgan fingerprint density at radius 2 is 1.78 bits per heavy atom. The Kier molecular flexibility index (Phi) is 7.33. The van der Waals surface area contributed by atoms with Gasteiger partial charge in [-0.2, -0.15) is 0 Å². The highest BCUT2D eigenvalue weighted by atomic mass is 16.2. The van der Waals surface area contributed by atoms with Crippen LogP contribution in [0.5, 0.6) is 0 Å². The molecule has 0 unspecified atom stereocenters. The third-order valence-corrected chi connectivity index (χ3v) is 9.00. The third-order valence-electron chi connectivity index (χ3n) is 9.00. The zero-order chi connectivity index (χ0) is 27.3. The summed E-state index contributed by atoms with van der Waals surface area (Å²) in [6.45, 7) is 11.0. The van der Waals surface area contributed by atoms with E-state index in [9.17, 15) is 24.0 Å². The Morgan fingerprint density at radius 1 is 1.11 bits per heavy atom. The highest BCUT2D eigenvalue weighted by Gasteiger charge is 2.69. The van der Waals surface area contributed by atoms with E-state index in [1.54, 1.807) is 4.90 Å². The van der Waals surface area contributed by atoms with Crippen LogP contribution in [0.4, 0.5) is 0 Å². The van der Waals surface area contributed by atoms with Gasteiger partial charge in [0.2, 0.25) is 29.5 Å². The molecule has 5 N–H and O–H groups in total. The van der Waals surface area contributed by atoms with Crippen LogP contribution in [0.2, 0.25) is 0 Å². The van der Waals surface area contributed by atoms with Crippen molar-refractivity contribution in [2.45, 2.75) is 91.3 Å². The molecule has 3 aliphatic heterocycles. The molecule has 4 fully saturated rings. The SMILES string of the molecule is CC(C)(C)CC(=O)N[C@H]1CCCC[C@H]2CNC(=O)[C@H]2C[C@@H](C(N)=O)NC(=O)[C@@H]2[C@@H]3[C@H](CN2C1=O)C3(C)C. The molecule has 4 aliphatic rings. The fourth-order valence-corrected chi connectivity index (χ4v) is 6.83. The van der Waals surface area contributed by atoms with Crippen molar-refractivity contribution < 1.29 is 24.0 Å². The summed E-state index contributed by atoms with van der Waals surface area (Å²) in [5.74, 6) is -1.90. The number of nitrogens with zero attached hydrogens (tertiary/aromatic N) is 1. The minimum Gasteiger partial charge on any atom is -0.368 e. The number of piperidine rings is 1. The second-order valence-electron chi connectivity index (χ2n) is 13.3. The van der Waals surface area contributed by atoms with Gasteiger partial charge in [0, 0.05) is 25.4 Å². The lowest BCUT2D eigenvalue weighted by Gasteiger charge is -2.34. The first-order valence-electron chi connectivity index (χ1n) is 13.7. The Labute approximate surface area is 219 Å². The van der Waals surface area contributed by atoms with Crippen molar-refractivity contribution in [3.63, 3.8) is 0 Å². The smallest absolute Gasteiger partial charge is 0.245 e. The Hall–Kier alpha value is -2.65. The standard InChI is InChI=1S/C27H43N5O5/c1-26(2,3)11-19(33)30-17-9-7-6-8-14-12-29-23(35)15(14)10-18(22(28)34)31-24(36)21-20-16(27(20,4)5)13-32(21)25(17)37/h14-18,20-21H,6-13H2,1-5H3,(H2,28,34)(H,29,35)(H,30,33)(H,31,36)/t14-,15-,16-,17-,18-,20-,21-/m0/s1. The van der Waals surface area contributed by atoms with Gasteiger partial charge in [0.05, 0.1) is 0 Å². The molecule has 7 atom stereocenters. The molecule has 1 saturated carbocycles. The summed E-state index contributed by atoms with van der Waals surface area (Å²) in [6.07, 6.45) is 3.14. The molecule has 3 saturated heterocycles. The largest absolute Gasteiger partial charge is 0.368 e. The monoisotopic (exact) mass is 517 g/mol. The Balaban J connectivity index is 1.62. The van der Waals surface area contributed by atoms with Crippen LogP contribution >= 0.6 is 0 Å². The van der Waals surface area contributed by atoms with Crippen LogP contribution < -0.4 is 21.7 Å². The fourth-order valence-electron chi connectivity index (χ4n) is 6.83. The summed E-state index contributed by atoms with van der Waals surface area (Å²) in [6, 6.07) is -2.46. The van der Waals surface area contributed by atoms with Gasteiger partial charge in [-0.1, -0.05) is 47.5 Å². The van der Waals surface area contributed by atoms with Crippen LogP contribution in [0.25, 0.3) is 0 Å². The number of fused-ring (bicyclic) bond motifs is 4. The van der Waals surface area contributed by atoms with Crippen LogP contribution in [-0.4, -0.2) is 65.7 Å². The summed E-state index contributed by atoms with van der Waals surface area (Å²) >= 11 is 0. The number of primary amides is 1. The van der Waals surface area contributed by atoms with E-state index in [1.807, 2.05) is 20.8 Å². The maximum atomic E-state index is 13.8. The van der Waals surface area contributed by atoms with Gasteiger partial charge in [-0.25, -0.2) is 0 Å². The molecule has 4 rings (SSSR count). The minimum absolute atomic E-state index is 0.0218. The molecule has 5 amide bonds. The van der Waals surface area contributed by atoms with Gasteiger partial charge in [-0.3, -0.25) is 24.0 Å². The van der Waals surface area contributed by atoms with Gasteiger partial charge in [-0.15, -0.1) is 0 Å². The Bertz CT molecular complexity index is 973. The lowest BCUT2D eigenvalue weighted by molar-refractivity contribution is -0.144. The highest BCUT2D eigenvalue weighted by Crippen LogP contribution is 2.65. The van der Waals surface area contributed by atoms with Gasteiger partial charge >= 0.3 is 0 Å². The zero-order valence-electron chi connectivity index (χ0n) is 22.8.